The Bertz CT molecular complexity index is 707. The van der Waals surface area contributed by atoms with E-state index in [1.165, 1.54) is 6.07 Å². The van der Waals surface area contributed by atoms with Gasteiger partial charge in [0.2, 0.25) is 5.76 Å². The Morgan fingerprint density at radius 2 is 2.00 bits per heavy atom. The van der Waals surface area contributed by atoms with Crippen LogP contribution < -0.4 is 4.74 Å². The minimum Gasteiger partial charge on any atom is -0.494 e. The molecule has 1 atom stereocenters. The van der Waals surface area contributed by atoms with E-state index in [0.717, 1.165) is 16.9 Å². The molecule has 0 amide bonds. The Kier molecular flexibility index (Phi) is 5.42. The fraction of sp³-hybridized carbons (Fsp3) is 0.333. The van der Waals surface area contributed by atoms with Crippen LogP contribution in [0, 0.1) is 25.2 Å². The Balaban J connectivity index is 1.86. The van der Waals surface area contributed by atoms with Gasteiger partial charge in [0, 0.05) is 0 Å². The van der Waals surface area contributed by atoms with Crippen molar-refractivity contribution in [1.82, 2.24) is 0 Å². The summed E-state index contributed by atoms with van der Waals surface area (Å²) in [7, 11) is 0. The first-order chi connectivity index (χ1) is 11.0. The van der Waals surface area contributed by atoms with E-state index in [4.69, 9.17) is 14.3 Å². The molecule has 0 fully saturated rings. The molecule has 120 valence electrons. The lowest BCUT2D eigenvalue weighted by molar-refractivity contribution is 0.0660. The van der Waals surface area contributed by atoms with E-state index in [0.29, 0.717) is 25.2 Å². The molecule has 1 aromatic carbocycles. The highest BCUT2D eigenvalue weighted by atomic mass is 16.5. The third kappa shape index (κ3) is 4.62. The lowest BCUT2D eigenvalue weighted by Gasteiger charge is -2.09. The van der Waals surface area contributed by atoms with Gasteiger partial charge in [-0.3, -0.25) is 0 Å². The van der Waals surface area contributed by atoms with E-state index in [1.807, 2.05) is 26.0 Å². The molecule has 0 saturated carbocycles. The highest BCUT2D eigenvalue weighted by molar-refractivity contribution is 5.84. The number of carbonyl (C=O) groups is 1. The highest BCUT2D eigenvalue weighted by Gasteiger charge is 2.17. The zero-order chi connectivity index (χ0) is 16.8. The molecule has 1 heterocycles. The molecule has 23 heavy (non-hydrogen) atoms. The van der Waals surface area contributed by atoms with Gasteiger partial charge in [0.05, 0.1) is 12.7 Å². The van der Waals surface area contributed by atoms with Gasteiger partial charge < -0.3 is 14.3 Å². The molecule has 2 aromatic rings. The van der Waals surface area contributed by atoms with E-state index in [9.17, 15) is 10.1 Å². The number of aryl methyl sites for hydroxylation is 2. The summed E-state index contributed by atoms with van der Waals surface area (Å²) in [5, 5.41) is 18.1. The number of benzene rings is 1. The van der Waals surface area contributed by atoms with Crippen molar-refractivity contribution in [2.75, 3.05) is 6.61 Å². The van der Waals surface area contributed by atoms with E-state index in [2.05, 4.69) is 12.1 Å². The van der Waals surface area contributed by atoms with Crippen molar-refractivity contribution < 1.29 is 19.1 Å². The minimum atomic E-state index is -1.13. The number of nitriles is 1. The highest BCUT2D eigenvalue weighted by Crippen LogP contribution is 2.23. The Hall–Kier alpha value is -2.74. The number of furan rings is 1. The average molecular weight is 313 g/mol. The molecule has 0 bridgehead atoms. The van der Waals surface area contributed by atoms with Gasteiger partial charge in [-0.25, -0.2) is 4.79 Å². The number of hydrogen-bond acceptors (Lipinski definition) is 4. The van der Waals surface area contributed by atoms with Gasteiger partial charge >= 0.3 is 5.97 Å². The number of carboxylic acids is 1. The first kappa shape index (κ1) is 16.6. The number of rotatable bonds is 7. The minimum absolute atomic E-state index is 0.147. The summed E-state index contributed by atoms with van der Waals surface area (Å²) in [6, 6.07) is 11.1. The van der Waals surface area contributed by atoms with Gasteiger partial charge in [-0.05, 0) is 62.1 Å². The van der Waals surface area contributed by atoms with Crippen molar-refractivity contribution in [3.05, 3.63) is 53.0 Å². The number of carboxylic acid groups (broad SMARTS) is 1. The van der Waals surface area contributed by atoms with Gasteiger partial charge in [0.15, 0.2) is 0 Å². The van der Waals surface area contributed by atoms with E-state index < -0.39 is 11.9 Å². The van der Waals surface area contributed by atoms with E-state index in [1.54, 1.807) is 6.07 Å². The van der Waals surface area contributed by atoms with E-state index >= 15 is 0 Å². The van der Waals surface area contributed by atoms with Gasteiger partial charge in [-0.2, -0.15) is 5.26 Å². The van der Waals surface area contributed by atoms with Crippen LogP contribution in [0.5, 0.6) is 5.75 Å². The fourth-order valence-corrected chi connectivity index (χ4v) is 2.42. The summed E-state index contributed by atoms with van der Waals surface area (Å²) in [5.41, 5.74) is 2.29. The van der Waals surface area contributed by atoms with E-state index in [-0.39, 0.29) is 5.76 Å². The van der Waals surface area contributed by atoms with Crippen LogP contribution in [0.25, 0.3) is 0 Å². The van der Waals surface area contributed by atoms with Crippen LogP contribution in [-0.4, -0.2) is 17.7 Å². The SMILES string of the molecule is Cc1cc(C)cc(OCCCC(C#N)c2ccc(C(=O)O)o2)c1. The summed E-state index contributed by atoms with van der Waals surface area (Å²) >= 11 is 0. The summed E-state index contributed by atoms with van der Waals surface area (Å²) in [6.07, 6.45) is 1.22. The molecule has 1 unspecified atom stereocenters. The lowest BCUT2D eigenvalue weighted by Crippen LogP contribution is -2.02. The topological polar surface area (TPSA) is 83.5 Å². The maximum Gasteiger partial charge on any atom is 0.371 e. The van der Waals surface area contributed by atoms with Crippen molar-refractivity contribution in [3.8, 4) is 11.8 Å². The molecule has 0 aliphatic heterocycles. The fourth-order valence-electron chi connectivity index (χ4n) is 2.42. The normalized spacial score (nSPS) is 11.7. The van der Waals surface area contributed by atoms with Crippen molar-refractivity contribution in [2.45, 2.75) is 32.6 Å². The standard InChI is InChI=1S/C18H19NO4/c1-12-8-13(2)10-15(9-12)22-7-3-4-14(11-19)16-5-6-17(23-16)18(20)21/h5-6,8-10,14H,3-4,7H2,1-2H3,(H,20,21). The first-order valence-corrected chi connectivity index (χ1v) is 7.43. The smallest absolute Gasteiger partial charge is 0.371 e. The van der Waals surface area contributed by atoms with Crippen molar-refractivity contribution in [2.24, 2.45) is 0 Å². The van der Waals surface area contributed by atoms with Gasteiger partial charge in [-0.1, -0.05) is 6.07 Å². The van der Waals surface area contributed by atoms with Gasteiger partial charge in [0.1, 0.15) is 17.4 Å². The third-order valence-corrected chi connectivity index (χ3v) is 3.44. The Morgan fingerprint density at radius 1 is 1.30 bits per heavy atom. The Labute approximate surface area is 135 Å². The molecule has 5 nitrogen and oxygen atoms in total. The molecule has 2 rings (SSSR count). The molecule has 0 spiro atoms. The molecule has 0 saturated heterocycles. The quantitative estimate of drug-likeness (QED) is 0.779. The van der Waals surface area contributed by atoms with Crippen LogP contribution in [0.3, 0.4) is 0 Å². The van der Waals surface area contributed by atoms with Crippen LogP contribution in [0.2, 0.25) is 0 Å². The average Bonchev–Trinajstić information content (AvgIpc) is 2.96. The van der Waals surface area contributed by atoms with Gasteiger partial charge in [-0.15, -0.1) is 0 Å². The maximum atomic E-state index is 10.8. The molecular formula is C18H19NO4. The van der Waals surface area contributed by atoms with Crippen LogP contribution in [-0.2, 0) is 0 Å². The summed E-state index contributed by atoms with van der Waals surface area (Å²) in [6.45, 7) is 4.53. The summed E-state index contributed by atoms with van der Waals surface area (Å²) in [5.74, 6) is -0.540. The van der Waals surface area contributed by atoms with Crippen molar-refractivity contribution in [1.29, 1.82) is 5.26 Å². The number of nitrogens with zero attached hydrogens (tertiary/aromatic N) is 1. The zero-order valence-corrected chi connectivity index (χ0v) is 13.2. The summed E-state index contributed by atoms with van der Waals surface area (Å²) in [4.78, 5) is 10.8. The predicted molar refractivity (Wildman–Crippen MR) is 84.7 cm³/mol. The van der Waals surface area contributed by atoms with Crippen LogP contribution >= 0.6 is 0 Å². The van der Waals surface area contributed by atoms with Crippen LogP contribution in [0.1, 0.15) is 46.2 Å². The predicted octanol–water partition coefficient (Wildman–Crippen LogP) is 4.06. The van der Waals surface area contributed by atoms with Crippen LogP contribution in [0.15, 0.2) is 34.7 Å². The largest absolute Gasteiger partial charge is 0.494 e. The molecule has 5 heteroatoms. The zero-order valence-electron chi connectivity index (χ0n) is 13.2. The number of aromatic carboxylic acids is 1. The Morgan fingerprint density at radius 3 is 2.57 bits per heavy atom. The van der Waals surface area contributed by atoms with Crippen LogP contribution in [0.4, 0.5) is 0 Å². The number of hydrogen-bond donors (Lipinski definition) is 1. The molecule has 1 aromatic heterocycles. The second-order valence-corrected chi connectivity index (χ2v) is 5.50. The summed E-state index contributed by atoms with van der Waals surface area (Å²) < 4.78 is 10.9. The molecule has 0 aliphatic carbocycles. The van der Waals surface area contributed by atoms with Crippen molar-refractivity contribution >= 4 is 5.97 Å². The maximum absolute atomic E-state index is 10.8. The third-order valence-electron chi connectivity index (χ3n) is 3.44. The second-order valence-electron chi connectivity index (χ2n) is 5.50. The second kappa shape index (κ2) is 7.50. The molecule has 1 N–H and O–H groups in total. The van der Waals surface area contributed by atoms with Gasteiger partial charge in [0.25, 0.3) is 0 Å². The monoisotopic (exact) mass is 313 g/mol. The molecular weight excluding hydrogens is 294 g/mol. The number of ether oxygens (including phenoxy) is 1. The lowest BCUT2D eigenvalue weighted by atomic mass is 10.0. The molecule has 0 aliphatic rings. The molecule has 0 radical (unpaired) electrons. The first-order valence-electron chi connectivity index (χ1n) is 7.43. The van der Waals surface area contributed by atoms with Crippen molar-refractivity contribution in [3.63, 3.8) is 0 Å².